The molecule has 122 valence electrons. The first-order valence-corrected chi connectivity index (χ1v) is 8.70. The van der Waals surface area contributed by atoms with Crippen molar-refractivity contribution in [3.63, 3.8) is 0 Å². The summed E-state index contributed by atoms with van der Waals surface area (Å²) in [6.07, 6.45) is 2.09. The summed E-state index contributed by atoms with van der Waals surface area (Å²) in [5.41, 5.74) is 1.01. The number of unbranched alkanes of at least 4 members (excludes halogenated alkanes) is 1. The smallest absolute Gasteiger partial charge is 0.321 e. The number of hydrogen-bond donors (Lipinski definition) is 2. The average Bonchev–Trinajstić information content (AvgIpc) is 2.99. The van der Waals surface area contributed by atoms with E-state index in [2.05, 4.69) is 12.2 Å². The highest BCUT2D eigenvalue weighted by atomic mass is 32.2. The van der Waals surface area contributed by atoms with Gasteiger partial charge in [0.2, 0.25) is 0 Å². The Morgan fingerprint density at radius 1 is 1.36 bits per heavy atom. The summed E-state index contributed by atoms with van der Waals surface area (Å²) in [4.78, 5) is 11.0. The monoisotopic (exact) mass is 325 g/mol. The molecule has 5 nitrogen and oxygen atoms in total. The van der Waals surface area contributed by atoms with Crippen LogP contribution in [-0.4, -0.2) is 36.1 Å². The van der Waals surface area contributed by atoms with Crippen LogP contribution in [0.2, 0.25) is 0 Å². The lowest BCUT2D eigenvalue weighted by Gasteiger charge is -2.16. The zero-order valence-corrected chi connectivity index (χ0v) is 13.8. The Hall–Kier alpha value is -1.40. The summed E-state index contributed by atoms with van der Waals surface area (Å²) in [6.45, 7) is 5.30. The molecule has 0 bridgehead atoms. The van der Waals surface area contributed by atoms with Gasteiger partial charge in [0, 0.05) is 5.75 Å². The standard InChI is InChI=1S/C16H23NO4S/c1-3-5-8-21-13-7-6-11(9-14(13)20-4-2)15-17-12(10-22-15)16(18)19/h6-7,9,12,15,17H,3-5,8,10H2,1-2H3,(H,18,19). The summed E-state index contributed by atoms with van der Waals surface area (Å²) in [6, 6.07) is 5.33. The second-order valence-electron chi connectivity index (χ2n) is 5.11. The molecule has 2 N–H and O–H groups in total. The number of carbonyl (C=O) groups is 1. The molecule has 6 heteroatoms. The fraction of sp³-hybridized carbons (Fsp3) is 0.562. The van der Waals surface area contributed by atoms with E-state index in [9.17, 15) is 4.79 Å². The zero-order valence-electron chi connectivity index (χ0n) is 13.0. The lowest BCUT2D eigenvalue weighted by Crippen LogP contribution is -2.33. The van der Waals surface area contributed by atoms with Gasteiger partial charge >= 0.3 is 5.97 Å². The van der Waals surface area contributed by atoms with Gasteiger partial charge in [-0.05, 0) is 31.0 Å². The fourth-order valence-electron chi connectivity index (χ4n) is 2.21. The molecule has 22 heavy (non-hydrogen) atoms. The molecule has 2 atom stereocenters. The molecular formula is C16H23NO4S. The molecule has 1 aromatic rings. The maximum Gasteiger partial charge on any atom is 0.321 e. The molecule has 1 fully saturated rings. The number of carboxylic acid groups (broad SMARTS) is 1. The molecule has 0 saturated carbocycles. The first-order valence-electron chi connectivity index (χ1n) is 7.65. The molecule has 1 aliphatic heterocycles. The van der Waals surface area contributed by atoms with Crippen molar-refractivity contribution in [1.29, 1.82) is 0 Å². The second kappa shape index (κ2) is 8.29. The third-order valence-electron chi connectivity index (χ3n) is 3.41. The topological polar surface area (TPSA) is 67.8 Å². The summed E-state index contributed by atoms with van der Waals surface area (Å²) >= 11 is 1.60. The normalized spacial score (nSPS) is 20.8. The summed E-state index contributed by atoms with van der Waals surface area (Å²) in [7, 11) is 0. The van der Waals surface area contributed by atoms with Gasteiger partial charge in [-0.15, -0.1) is 11.8 Å². The number of aliphatic carboxylic acids is 1. The molecule has 1 heterocycles. The van der Waals surface area contributed by atoms with Crippen LogP contribution < -0.4 is 14.8 Å². The van der Waals surface area contributed by atoms with Crippen molar-refractivity contribution >= 4 is 17.7 Å². The van der Waals surface area contributed by atoms with Crippen LogP contribution in [0.5, 0.6) is 11.5 Å². The van der Waals surface area contributed by atoms with Crippen LogP contribution in [0.15, 0.2) is 18.2 Å². The third-order valence-corrected chi connectivity index (χ3v) is 4.67. The minimum atomic E-state index is -0.806. The van der Waals surface area contributed by atoms with Gasteiger partial charge < -0.3 is 14.6 Å². The van der Waals surface area contributed by atoms with Gasteiger partial charge in [0.05, 0.1) is 18.6 Å². The number of benzene rings is 1. The van der Waals surface area contributed by atoms with Crippen molar-refractivity contribution in [3.05, 3.63) is 23.8 Å². The van der Waals surface area contributed by atoms with Crippen LogP contribution in [0.1, 0.15) is 37.6 Å². The Morgan fingerprint density at radius 3 is 2.82 bits per heavy atom. The highest BCUT2D eigenvalue weighted by Gasteiger charge is 2.30. The van der Waals surface area contributed by atoms with Gasteiger partial charge in [0.15, 0.2) is 11.5 Å². The maximum atomic E-state index is 11.0. The van der Waals surface area contributed by atoms with Gasteiger partial charge in [-0.25, -0.2) is 0 Å². The van der Waals surface area contributed by atoms with Crippen molar-refractivity contribution in [3.8, 4) is 11.5 Å². The number of ether oxygens (including phenoxy) is 2. The van der Waals surface area contributed by atoms with E-state index in [1.54, 1.807) is 11.8 Å². The second-order valence-corrected chi connectivity index (χ2v) is 6.25. The van der Waals surface area contributed by atoms with Crippen molar-refractivity contribution in [2.75, 3.05) is 19.0 Å². The predicted molar refractivity (Wildman–Crippen MR) is 87.8 cm³/mol. The first-order chi connectivity index (χ1) is 10.7. The number of hydrogen-bond acceptors (Lipinski definition) is 5. The predicted octanol–water partition coefficient (Wildman–Crippen LogP) is 3.05. The zero-order chi connectivity index (χ0) is 15.9. The summed E-state index contributed by atoms with van der Waals surface area (Å²) in [5, 5.41) is 12.2. The number of thioether (sulfide) groups is 1. The largest absolute Gasteiger partial charge is 0.490 e. The molecular weight excluding hydrogens is 302 g/mol. The van der Waals surface area contributed by atoms with E-state index >= 15 is 0 Å². The average molecular weight is 325 g/mol. The van der Waals surface area contributed by atoms with Crippen molar-refractivity contribution in [2.45, 2.75) is 38.1 Å². The first kappa shape index (κ1) is 17.0. The van der Waals surface area contributed by atoms with Crippen molar-refractivity contribution < 1.29 is 19.4 Å². The molecule has 1 aromatic carbocycles. The quantitative estimate of drug-likeness (QED) is 0.716. The van der Waals surface area contributed by atoms with Crippen molar-refractivity contribution in [1.82, 2.24) is 5.32 Å². The number of rotatable bonds is 8. The van der Waals surface area contributed by atoms with Crippen LogP contribution in [-0.2, 0) is 4.79 Å². The molecule has 0 radical (unpaired) electrons. The molecule has 1 aliphatic rings. The molecule has 0 aromatic heterocycles. The molecule has 2 rings (SSSR count). The Morgan fingerprint density at radius 2 is 2.18 bits per heavy atom. The Balaban J connectivity index is 2.09. The molecule has 2 unspecified atom stereocenters. The Bertz CT molecular complexity index is 509. The van der Waals surface area contributed by atoms with E-state index in [4.69, 9.17) is 14.6 Å². The number of nitrogens with one attached hydrogen (secondary N) is 1. The maximum absolute atomic E-state index is 11.0. The molecule has 0 spiro atoms. The minimum absolute atomic E-state index is 0.0232. The molecule has 0 amide bonds. The summed E-state index contributed by atoms with van der Waals surface area (Å²) < 4.78 is 11.4. The van der Waals surface area contributed by atoms with Gasteiger partial charge in [-0.3, -0.25) is 10.1 Å². The van der Waals surface area contributed by atoms with Crippen LogP contribution in [0.4, 0.5) is 0 Å². The van der Waals surface area contributed by atoms with E-state index in [1.807, 2.05) is 25.1 Å². The highest BCUT2D eigenvalue weighted by molar-refractivity contribution is 7.99. The van der Waals surface area contributed by atoms with Crippen molar-refractivity contribution in [2.24, 2.45) is 0 Å². The number of carboxylic acids is 1. The Labute approximate surface area is 135 Å². The van der Waals surface area contributed by atoms with Crippen LogP contribution in [0.3, 0.4) is 0 Å². The van der Waals surface area contributed by atoms with E-state index < -0.39 is 12.0 Å². The fourth-order valence-corrected chi connectivity index (χ4v) is 3.43. The third kappa shape index (κ3) is 4.30. The highest BCUT2D eigenvalue weighted by Crippen LogP contribution is 2.37. The van der Waals surface area contributed by atoms with Gasteiger partial charge in [0.25, 0.3) is 0 Å². The summed E-state index contributed by atoms with van der Waals surface area (Å²) in [5.74, 6) is 1.23. The lowest BCUT2D eigenvalue weighted by molar-refractivity contribution is -0.138. The van der Waals surface area contributed by atoms with Gasteiger partial charge in [-0.2, -0.15) is 0 Å². The van der Waals surface area contributed by atoms with E-state index in [1.165, 1.54) is 0 Å². The van der Waals surface area contributed by atoms with Crippen LogP contribution in [0.25, 0.3) is 0 Å². The minimum Gasteiger partial charge on any atom is -0.490 e. The SMILES string of the molecule is CCCCOc1ccc(C2NC(C(=O)O)CS2)cc1OCC. The van der Waals surface area contributed by atoms with E-state index in [-0.39, 0.29) is 5.37 Å². The lowest BCUT2D eigenvalue weighted by atomic mass is 10.2. The molecule has 0 aliphatic carbocycles. The van der Waals surface area contributed by atoms with E-state index in [0.29, 0.717) is 19.0 Å². The van der Waals surface area contributed by atoms with Crippen LogP contribution >= 0.6 is 11.8 Å². The molecule has 1 saturated heterocycles. The Kier molecular flexibility index (Phi) is 6.39. The van der Waals surface area contributed by atoms with Gasteiger partial charge in [0.1, 0.15) is 6.04 Å². The van der Waals surface area contributed by atoms with E-state index in [0.717, 1.165) is 29.9 Å². The van der Waals surface area contributed by atoms with Gasteiger partial charge in [-0.1, -0.05) is 19.4 Å². The van der Waals surface area contributed by atoms with Crippen LogP contribution in [0, 0.1) is 0 Å².